The van der Waals surface area contributed by atoms with Gasteiger partial charge in [-0.1, -0.05) is 32.6 Å². The molecule has 4 heteroatoms. The number of carbonyl (C=O) groups is 1. The number of aromatic nitrogens is 1. The summed E-state index contributed by atoms with van der Waals surface area (Å²) < 4.78 is 0. The van der Waals surface area contributed by atoms with Crippen LogP contribution in [0.1, 0.15) is 72.7 Å². The molecule has 2 rings (SSSR count). The summed E-state index contributed by atoms with van der Waals surface area (Å²) in [5.74, 6) is 1.16. The number of thiazole rings is 1. The molecule has 1 aliphatic rings. The van der Waals surface area contributed by atoms with Gasteiger partial charge in [0.15, 0.2) is 5.78 Å². The summed E-state index contributed by atoms with van der Waals surface area (Å²) in [6, 6.07) is 0. The molecule has 0 atom stereocenters. The zero-order valence-corrected chi connectivity index (χ0v) is 13.5. The molecule has 0 aliphatic heterocycles. The predicted molar refractivity (Wildman–Crippen MR) is 84.3 cm³/mol. The van der Waals surface area contributed by atoms with Gasteiger partial charge in [-0.25, -0.2) is 4.98 Å². The highest BCUT2D eigenvalue weighted by Gasteiger charge is 2.17. The lowest BCUT2D eigenvalue weighted by Gasteiger charge is -2.20. The molecule has 1 aliphatic carbocycles. The van der Waals surface area contributed by atoms with Gasteiger partial charge < -0.3 is 0 Å². The van der Waals surface area contributed by atoms with Gasteiger partial charge in [0.1, 0.15) is 5.01 Å². The summed E-state index contributed by atoms with van der Waals surface area (Å²) in [4.78, 5) is 17.2. The molecule has 106 valence electrons. The summed E-state index contributed by atoms with van der Waals surface area (Å²) in [5, 5.41) is 1.96. The van der Waals surface area contributed by atoms with Crippen LogP contribution in [0.5, 0.6) is 0 Å². The van der Waals surface area contributed by atoms with Crippen molar-refractivity contribution in [3.63, 3.8) is 0 Å². The number of ketones is 1. The third-order valence-electron chi connectivity index (χ3n) is 3.54. The van der Waals surface area contributed by atoms with E-state index in [-0.39, 0.29) is 5.78 Å². The molecule has 1 saturated carbocycles. The van der Waals surface area contributed by atoms with Crippen LogP contribution in [-0.4, -0.2) is 16.0 Å². The third-order valence-corrected chi connectivity index (χ3v) is 6.31. The lowest BCUT2D eigenvalue weighted by molar-refractivity contribution is 0.102. The van der Waals surface area contributed by atoms with Crippen LogP contribution in [0.15, 0.2) is 0 Å². The highest BCUT2D eigenvalue weighted by Crippen LogP contribution is 2.32. The fourth-order valence-corrected chi connectivity index (χ4v) is 4.91. The lowest BCUT2D eigenvalue weighted by Crippen LogP contribution is -2.08. The summed E-state index contributed by atoms with van der Waals surface area (Å²) in [5.41, 5.74) is 1.03. The summed E-state index contributed by atoms with van der Waals surface area (Å²) in [7, 11) is 0. The van der Waals surface area contributed by atoms with Gasteiger partial charge in [-0.3, -0.25) is 4.79 Å². The van der Waals surface area contributed by atoms with Crippen LogP contribution in [-0.2, 0) is 12.2 Å². The van der Waals surface area contributed by atoms with Crippen LogP contribution in [0, 0.1) is 0 Å². The minimum atomic E-state index is 0.176. The van der Waals surface area contributed by atoms with Crippen LogP contribution in [0.2, 0.25) is 0 Å². The van der Waals surface area contributed by atoms with Gasteiger partial charge in [0.25, 0.3) is 0 Å². The van der Waals surface area contributed by atoms with Gasteiger partial charge >= 0.3 is 0 Å². The van der Waals surface area contributed by atoms with Gasteiger partial charge in [0.2, 0.25) is 0 Å². The van der Waals surface area contributed by atoms with E-state index < -0.39 is 0 Å². The molecule has 0 saturated heterocycles. The highest BCUT2D eigenvalue weighted by atomic mass is 32.2. The molecule has 0 spiro atoms. The number of rotatable bonds is 6. The van der Waals surface area contributed by atoms with Crippen molar-refractivity contribution in [2.45, 2.75) is 69.8 Å². The molecule has 0 aromatic carbocycles. The van der Waals surface area contributed by atoms with Crippen molar-refractivity contribution in [2.24, 2.45) is 0 Å². The lowest BCUT2D eigenvalue weighted by atomic mass is 10.0. The molecule has 0 radical (unpaired) electrons. The van der Waals surface area contributed by atoms with Crippen molar-refractivity contribution >= 4 is 28.9 Å². The summed E-state index contributed by atoms with van der Waals surface area (Å²) in [6.07, 6.45) is 8.88. The van der Waals surface area contributed by atoms with Crippen LogP contribution < -0.4 is 0 Å². The topological polar surface area (TPSA) is 30.0 Å². The van der Waals surface area contributed by atoms with Crippen molar-refractivity contribution in [2.75, 3.05) is 0 Å². The molecular weight excluding hydrogens is 274 g/mol. The fraction of sp³-hybridized carbons (Fsp3) is 0.733. The Balaban J connectivity index is 1.95. The van der Waals surface area contributed by atoms with Crippen LogP contribution in [0.4, 0.5) is 0 Å². The first-order chi connectivity index (χ1) is 9.20. The molecule has 1 fully saturated rings. The van der Waals surface area contributed by atoms with E-state index in [0.717, 1.165) is 39.4 Å². The van der Waals surface area contributed by atoms with Crippen molar-refractivity contribution in [3.05, 3.63) is 15.6 Å². The van der Waals surface area contributed by atoms with E-state index in [2.05, 4.69) is 11.9 Å². The first-order valence-corrected chi connectivity index (χ1v) is 9.18. The van der Waals surface area contributed by atoms with E-state index >= 15 is 0 Å². The summed E-state index contributed by atoms with van der Waals surface area (Å²) >= 11 is 3.65. The molecular formula is C15H23NOS2. The monoisotopic (exact) mass is 297 g/mol. The molecule has 1 heterocycles. The van der Waals surface area contributed by atoms with Crippen molar-refractivity contribution in [3.8, 4) is 0 Å². The predicted octanol–water partition coefficient (Wildman–Crippen LogP) is 4.86. The average molecular weight is 297 g/mol. The SMILES string of the molecule is CCCc1nc(CSC2CCCCC2)sc1C(C)=O. The minimum Gasteiger partial charge on any atom is -0.294 e. The van der Waals surface area contributed by atoms with E-state index in [1.165, 1.54) is 32.1 Å². The Bertz CT molecular complexity index is 422. The number of thioether (sulfide) groups is 1. The van der Waals surface area contributed by atoms with Gasteiger partial charge in [0, 0.05) is 17.9 Å². The largest absolute Gasteiger partial charge is 0.294 e. The molecule has 1 aromatic rings. The van der Waals surface area contributed by atoms with E-state index in [0.29, 0.717) is 0 Å². The molecule has 1 aromatic heterocycles. The quantitative estimate of drug-likeness (QED) is 0.702. The second-order valence-corrected chi connectivity index (χ2v) is 7.63. The maximum Gasteiger partial charge on any atom is 0.171 e. The Morgan fingerprint density at radius 1 is 1.37 bits per heavy atom. The number of carbonyl (C=O) groups excluding carboxylic acids is 1. The van der Waals surface area contributed by atoms with Crippen molar-refractivity contribution < 1.29 is 4.79 Å². The maximum absolute atomic E-state index is 11.6. The molecule has 0 bridgehead atoms. The van der Waals surface area contributed by atoms with Gasteiger partial charge in [-0.15, -0.1) is 11.3 Å². The Morgan fingerprint density at radius 3 is 2.74 bits per heavy atom. The zero-order valence-electron chi connectivity index (χ0n) is 11.9. The normalized spacial score (nSPS) is 16.7. The van der Waals surface area contributed by atoms with Crippen molar-refractivity contribution in [1.82, 2.24) is 4.98 Å². The van der Waals surface area contributed by atoms with E-state index in [4.69, 9.17) is 0 Å². The number of nitrogens with zero attached hydrogens (tertiary/aromatic N) is 1. The van der Waals surface area contributed by atoms with Crippen molar-refractivity contribution in [1.29, 1.82) is 0 Å². The van der Waals surface area contributed by atoms with Crippen LogP contribution >= 0.6 is 23.1 Å². The smallest absolute Gasteiger partial charge is 0.171 e. The molecule has 19 heavy (non-hydrogen) atoms. The standard InChI is InChI=1S/C15H23NOS2/c1-3-7-13-15(11(2)17)19-14(16-13)10-18-12-8-5-4-6-9-12/h12H,3-10H2,1-2H3. The first-order valence-electron chi connectivity index (χ1n) is 7.31. The molecule has 0 unspecified atom stereocenters. The molecule has 0 amide bonds. The van der Waals surface area contributed by atoms with E-state index in [1.807, 2.05) is 11.8 Å². The molecule has 0 N–H and O–H groups in total. The van der Waals surface area contributed by atoms with Gasteiger partial charge in [0.05, 0.1) is 10.6 Å². The number of hydrogen-bond acceptors (Lipinski definition) is 4. The third kappa shape index (κ3) is 4.32. The van der Waals surface area contributed by atoms with E-state index in [9.17, 15) is 4.79 Å². The Kier molecular flexibility index (Phi) is 5.89. The number of aryl methyl sites for hydroxylation is 1. The number of Topliss-reactive ketones (excluding diaryl/α,β-unsaturated/α-hetero) is 1. The van der Waals surface area contributed by atoms with E-state index in [1.54, 1.807) is 18.3 Å². The summed E-state index contributed by atoms with van der Waals surface area (Å²) in [6.45, 7) is 3.80. The zero-order chi connectivity index (χ0) is 13.7. The fourth-order valence-electron chi connectivity index (χ4n) is 2.56. The second kappa shape index (κ2) is 7.44. The second-order valence-electron chi connectivity index (χ2n) is 5.26. The maximum atomic E-state index is 11.6. The minimum absolute atomic E-state index is 0.176. The number of hydrogen-bond donors (Lipinski definition) is 0. The Morgan fingerprint density at radius 2 is 2.11 bits per heavy atom. The highest BCUT2D eigenvalue weighted by molar-refractivity contribution is 7.99. The van der Waals surface area contributed by atoms with Gasteiger partial charge in [-0.2, -0.15) is 11.8 Å². The Hall–Kier alpha value is -0.350. The van der Waals surface area contributed by atoms with Crippen LogP contribution in [0.25, 0.3) is 0 Å². The first kappa shape index (κ1) is 15.0. The van der Waals surface area contributed by atoms with Gasteiger partial charge in [-0.05, 0) is 19.3 Å². The van der Waals surface area contributed by atoms with Crippen LogP contribution in [0.3, 0.4) is 0 Å². The average Bonchev–Trinajstić information content (AvgIpc) is 2.81. The Labute approximate surface area is 124 Å². The molecule has 2 nitrogen and oxygen atoms in total.